The minimum Gasteiger partial charge on any atom is -0.478 e. The Morgan fingerprint density at radius 2 is 2.10 bits per heavy atom. The van der Waals surface area contributed by atoms with Crippen LogP contribution in [0.25, 0.3) is 6.08 Å². The summed E-state index contributed by atoms with van der Waals surface area (Å²) < 4.78 is 33.0. The van der Waals surface area contributed by atoms with Crippen molar-refractivity contribution in [2.24, 2.45) is 0 Å². The molecule has 1 rings (SSSR count). The standard InChI is InChI=1S/C13H18N2O5S/c1-10-7-11(3-4-13(16)17)9-12(8-10)15-21(18,19)14-5-6-20-2/h3-4,7-9,14-15H,5-6H2,1-2H3,(H,16,17)/b4-3+. The Bertz CT molecular complexity index is 625. The fourth-order valence-corrected chi connectivity index (χ4v) is 2.46. The first kappa shape index (κ1) is 17.2. The van der Waals surface area contributed by atoms with E-state index in [1.807, 2.05) is 0 Å². The van der Waals surface area contributed by atoms with Crippen LogP contribution >= 0.6 is 0 Å². The van der Waals surface area contributed by atoms with Crippen LogP contribution in [-0.4, -0.2) is 39.8 Å². The van der Waals surface area contributed by atoms with Crippen molar-refractivity contribution in [3.8, 4) is 0 Å². The molecular formula is C13H18N2O5S. The van der Waals surface area contributed by atoms with Gasteiger partial charge in [-0.2, -0.15) is 13.1 Å². The van der Waals surface area contributed by atoms with E-state index in [2.05, 4.69) is 9.44 Å². The molecule has 0 amide bonds. The number of benzene rings is 1. The lowest BCUT2D eigenvalue weighted by atomic mass is 10.1. The van der Waals surface area contributed by atoms with Crippen LogP contribution in [0.5, 0.6) is 0 Å². The van der Waals surface area contributed by atoms with Crippen LogP contribution in [0, 0.1) is 6.92 Å². The van der Waals surface area contributed by atoms with Crippen LogP contribution in [0.15, 0.2) is 24.3 Å². The van der Waals surface area contributed by atoms with E-state index in [1.165, 1.54) is 13.2 Å². The van der Waals surface area contributed by atoms with E-state index < -0.39 is 16.2 Å². The number of anilines is 1. The summed E-state index contributed by atoms with van der Waals surface area (Å²) in [6.45, 7) is 2.21. The first-order valence-electron chi connectivity index (χ1n) is 6.11. The Balaban J connectivity index is 2.86. The van der Waals surface area contributed by atoms with Gasteiger partial charge in [-0.15, -0.1) is 0 Å². The van der Waals surface area contributed by atoms with Crippen LogP contribution in [-0.2, 0) is 19.7 Å². The molecule has 116 valence electrons. The minimum atomic E-state index is -3.69. The molecule has 0 heterocycles. The Labute approximate surface area is 123 Å². The van der Waals surface area contributed by atoms with E-state index in [4.69, 9.17) is 9.84 Å². The minimum absolute atomic E-state index is 0.156. The highest BCUT2D eigenvalue weighted by molar-refractivity contribution is 7.90. The average molecular weight is 314 g/mol. The van der Waals surface area contributed by atoms with E-state index in [1.54, 1.807) is 25.1 Å². The third-order valence-corrected chi connectivity index (χ3v) is 3.46. The van der Waals surface area contributed by atoms with Gasteiger partial charge in [-0.25, -0.2) is 4.79 Å². The second kappa shape index (κ2) is 7.77. The summed E-state index contributed by atoms with van der Waals surface area (Å²) in [5.74, 6) is -1.07. The molecule has 0 saturated carbocycles. The van der Waals surface area contributed by atoms with Gasteiger partial charge in [0.25, 0.3) is 10.2 Å². The molecule has 0 saturated heterocycles. The zero-order valence-electron chi connectivity index (χ0n) is 11.8. The first-order valence-corrected chi connectivity index (χ1v) is 7.60. The van der Waals surface area contributed by atoms with Crippen molar-refractivity contribution in [2.45, 2.75) is 6.92 Å². The molecule has 0 unspecified atom stereocenters. The lowest BCUT2D eigenvalue weighted by molar-refractivity contribution is -0.131. The molecule has 0 fully saturated rings. The predicted octanol–water partition coefficient (Wildman–Crippen LogP) is 0.986. The number of carboxylic acids is 1. The molecule has 1 aromatic rings. The molecule has 0 aliphatic carbocycles. The van der Waals surface area contributed by atoms with Crippen molar-refractivity contribution in [2.75, 3.05) is 25.0 Å². The molecule has 0 bridgehead atoms. The van der Waals surface area contributed by atoms with Crippen LogP contribution in [0.1, 0.15) is 11.1 Å². The number of aryl methyl sites for hydroxylation is 1. The molecular weight excluding hydrogens is 296 g/mol. The maximum Gasteiger partial charge on any atom is 0.328 e. The topological polar surface area (TPSA) is 105 Å². The summed E-state index contributed by atoms with van der Waals surface area (Å²) >= 11 is 0. The van der Waals surface area contributed by atoms with Crippen LogP contribution in [0.2, 0.25) is 0 Å². The number of carboxylic acid groups (broad SMARTS) is 1. The molecule has 1 aromatic carbocycles. The van der Waals surface area contributed by atoms with E-state index in [0.29, 0.717) is 11.3 Å². The number of methoxy groups -OCH3 is 1. The van der Waals surface area contributed by atoms with Gasteiger partial charge in [0.05, 0.1) is 12.3 Å². The largest absolute Gasteiger partial charge is 0.478 e. The van der Waals surface area contributed by atoms with Crippen LogP contribution < -0.4 is 9.44 Å². The third kappa shape index (κ3) is 6.89. The zero-order valence-corrected chi connectivity index (χ0v) is 12.6. The molecule has 0 aliphatic heterocycles. The van der Waals surface area contributed by atoms with E-state index >= 15 is 0 Å². The summed E-state index contributed by atoms with van der Waals surface area (Å²) in [6, 6.07) is 4.94. The Hall–Kier alpha value is -1.90. The first-order chi connectivity index (χ1) is 9.82. The summed E-state index contributed by atoms with van der Waals surface area (Å²) in [6.07, 6.45) is 2.38. The Morgan fingerprint density at radius 3 is 2.71 bits per heavy atom. The number of carbonyl (C=O) groups is 1. The highest BCUT2D eigenvalue weighted by Gasteiger charge is 2.09. The van der Waals surface area contributed by atoms with Gasteiger partial charge in [-0.1, -0.05) is 6.07 Å². The van der Waals surface area contributed by atoms with Crippen molar-refractivity contribution < 1.29 is 23.1 Å². The Kier molecular flexibility index (Phi) is 6.35. The fraction of sp³-hybridized carbons (Fsp3) is 0.308. The van der Waals surface area contributed by atoms with Crippen LogP contribution in [0.4, 0.5) is 5.69 Å². The highest BCUT2D eigenvalue weighted by atomic mass is 32.2. The number of aliphatic carboxylic acids is 1. The molecule has 8 heteroatoms. The molecule has 7 nitrogen and oxygen atoms in total. The summed E-state index contributed by atoms with van der Waals surface area (Å²) in [7, 11) is -2.22. The van der Waals surface area contributed by atoms with Gasteiger partial charge in [0.2, 0.25) is 0 Å². The second-order valence-corrected chi connectivity index (χ2v) is 5.80. The predicted molar refractivity (Wildman–Crippen MR) is 80.3 cm³/mol. The summed E-state index contributed by atoms with van der Waals surface area (Å²) in [4.78, 5) is 10.5. The van der Waals surface area contributed by atoms with Gasteiger partial charge in [-0.05, 0) is 36.3 Å². The number of hydrogen-bond donors (Lipinski definition) is 3. The summed E-state index contributed by atoms with van der Waals surface area (Å²) in [5, 5.41) is 8.60. The molecule has 0 spiro atoms. The lowest BCUT2D eigenvalue weighted by Crippen LogP contribution is -2.32. The average Bonchev–Trinajstić information content (AvgIpc) is 2.35. The second-order valence-electron chi connectivity index (χ2n) is 4.30. The quantitative estimate of drug-likeness (QED) is 0.490. The number of rotatable bonds is 8. The number of ether oxygens (including phenoxy) is 1. The van der Waals surface area contributed by atoms with Crippen LogP contribution in [0.3, 0.4) is 0 Å². The van der Waals surface area contributed by atoms with Crippen molar-refractivity contribution in [1.29, 1.82) is 0 Å². The maximum absolute atomic E-state index is 11.8. The molecule has 21 heavy (non-hydrogen) atoms. The van der Waals surface area contributed by atoms with Crippen molar-refractivity contribution in [3.05, 3.63) is 35.4 Å². The van der Waals surface area contributed by atoms with Crippen molar-refractivity contribution >= 4 is 27.9 Å². The summed E-state index contributed by atoms with van der Waals surface area (Å²) in [5.41, 5.74) is 1.74. The normalized spacial score (nSPS) is 11.7. The molecule has 0 atom stereocenters. The van der Waals surface area contributed by atoms with E-state index in [9.17, 15) is 13.2 Å². The van der Waals surface area contributed by atoms with Crippen molar-refractivity contribution in [1.82, 2.24) is 4.72 Å². The fourth-order valence-electron chi connectivity index (χ4n) is 1.60. The monoisotopic (exact) mass is 314 g/mol. The van der Waals surface area contributed by atoms with Gasteiger partial charge >= 0.3 is 5.97 Å². The number of hydrogen-bond acceptors (Lipinski definition) is 4. The van der Waals surface area contributed by atoms with E-state index in [-0.39, 0.29) is 13.2 Å². The third-order valence-electron chi connectivity index (χ3n) is 2.37. The van der Waals surface area contributed by atoms with E-state index in [0.717, 1.165) is 11.6 Å². The molecule has 0 aliphatic rings. The van der Waals surface area contributed by atoms with Gasteiger partial charge in [0, 0.05) is 19.7 Å². The lowest BCUT2D eigenvalue weighted by Gasteiger charge is -2.10. The number of nitrogens with one attached hydrogen (secondary N) is 2. The highest BCUT2D eigenvalue weighted by Crippen LogP contribution is 2.16. The van der Waals surface area contributed by atoms with Gasteiger partial charge in [0.1, 0.15) is 0 Å². The zero-order chi connectivity index (χ0) is 15.9. The van der Waals surface area contributed by atoms with Gasteiger partial charge in [-0.3, -0.25) is 4.72 Å². The molecule has 0 aromatic heterocycles. The van der Waals surface area contributed by atoms with Crippen molar-refractivity contribution in [3.63, 3.8) is 0 Å². The van der Waals surface area contributed by atoms with Gasteiger partial charge in [0.15, 0.2) is 0 Å². The molecule has 3 N–H and O–H groups in total. The maximum atomic E-state index is 11.8. The Morgan fingerprint density at radius 1 is 1.38 bits per heavy atom. The SMILES string of the molecule is COCCNS(=O)(=O)Nc1cc(C)cc(/C=C/C(=O)O)c1. The smallest absolute Gasteiger partial charge is 0.328 e. The van der Waals surface area contributed by atoms with Gasteiger partial charge < -0.3 is 9.84 Å². The molecule has 0 radical (unpaired) electrons.